The van der Waals surface area contributed by atoms with Gasteiger partial charge in [-0.1, -0.05) is 39.0 Å². The van der Waals surface area contributed by atoms with E-state index < -0.39 is 22.6 Å². The molecule has 190 valence electrons. The molecule has 3 saturated heterocycles. The highest BCUT2D eigenvalue weighted by atomic mass is 32.2. The van der Waals surface area contributed by atoms with Gasteiger partial charge in [0.2, 0.25) is 11.8 Å². The molecule has 3 aliphatic heterocycles. The maximum Gasteiger partial charge on any atom is 0.311 e. The highest BCUT2D eigenvalue weighted by Gasteiger charge is 2.76. The van der Waals surface area contributed by atoms with Crippen LogP contribution in [0, 0.1) is 17.8 Å². The van der Waals surface area contributed by atoms with Crippen molar-refractivity contribution < 1.29 is 24.2 Å². The molecule has 1 N–H and O–H groups in total. The summed E-state index contributed by atoms with van der Waals surface area (Å²) in [6.45, 7) is 13.4. The topological polar surface area (TPSA) is 87.1 Å². The smallest absolute Gasteiger partial charge is 0.311 e. The number of fused-ring (bicyclic) bond motifs is 1. The van der Waals surface area contributed by atoms with Crippen LogP contribution in [0.25, 0.3) is 0 Å². The minimum absolute atomic E-state index is 0.0170. The van der Waals surface area contributed by atoms with Gasteiger partial charge in [-0.25, -0.2) is 0 Å². The van der Waals surface area contributed by atoms with Gasteiger partial charge in [-0.05, 0) is 38.0 Å². The van der Waals surface area contributed by atoms with Crippen LogP contribution in [0.2, 0.25) is 0 Å². The molecule has 3 fully saturated rings. The maximum absolute atomic E-state index is 14.1. The molecular formula is C26H40N2O5S. The number of rotatable bonds is 14. The average molecular weight is 493 g/mol. The Bertz CT molecular complexity index is 789. The van der Waals surface area contributed by atoms with Crippen LogP contribution in [0.4, 0.5) is 0 Å². The van der Waals surface area contributed by atoms with E-state index in [2.05, 4.69) is 27.0 Å². The summed E-state index contributed by atoms with van der Waals surface area (Å²) in [6.07, 6.45) is 8.07. The number of aliphatic hydroxyl groups excluding tert-OH is 1. The first-order chi connectivity index (χ1) is 16.4. The largest absolute Gasteiger partial charge is 0.461 e. The summed E-state index contributed by atoms with van der Waals surface area (Å²) < 4.78 is 4.80. The van der Waals surface area contributed by atoms with Crippen LogP contribution < -0.4 is 0 Å². The normalized spacial score (nSPS) is 31.4. The zero-order valence-electron chi connectivity index (χ0n) is 20.6. The third-order valence-electron chi connectivity index (χ3n) is 7.59. The van der Waals surface area contributed by atoms with E-state index in [1.54, 1.807) is 22.7 Å². The van der Waals surface area contributed by atoms with Gasteiger partial charge in [0.1, 0.15) is 12.6 Å². The fraction of sp³-hybridized carbons (Fsp3) is 0.731. The summed E-state index contributed by atoms with van der Waals surface area (Å²) in [5.41, 5.74) is 0. The van der Waals surface area contributed by atoms with Gasteiger partial charge in [-0.2, -0.15) is 0 Å². The third kappa shape index (κ3) is 4.68. The Morgan fingerprint density at radius 2 is 2.03 bits per heavy atom. The molecule has 3 heterocycles. The Kier molecular flexibility index (Phi) is 9.27. The van der Waals surface area contributed by atoms with Gasteiger partial charge in [0, 0.05) is 31.5 Å². The van der Waals surface area contributed by atoms with Crippen LogP contribution in [0.1, 0.15) is 52.4 Å². The number of unbranched alkanes of at least 4 members (excludes halogenated alkanes) is 3. The van der Waals surface area contributed by atoms with Crippen molar-refractivity contribution in [2.45, 2.75) is 68.4 Å². The molecule has 0 aromatic heterocycles. The fourth-order valence-electron chi connectivity index (χ4n) is 6.08. The first-order valence-electron chi connectivity index (χ1n) is 12.6. The molecule has 0 aromatic rings. The van der Waals surface area contributed by atoms with E-state index in [1.807, 2.05) is 4.90 Å². The van der Waals surface area contributed by atoms with Crippen LogP contribution in [0.3, 0.4) is 0 Å². The van der Waals surface area contributed by atoms with Gasteiger partial charge in [0.05, 0.1) is 16.6 Å². The van der Waals surface area contributed by atoms with Gasteiger partial charge >= 0.3 is 5.97 Å². The SMILES string of the molecule is C=CCOC(=O)[C@@H]1[C@H]2C(=O)N(CCCCCO)C(C(=O)N(CC=C)CCCC)C23S[C@@H]1CC3C. The number of thioether (sulfide) groups is 1. The standard InChI is InChI=1S/C26H40N2O5S/c1-5-8-13-27(12-6-2)24(31)22-26-18(4)17-19(34-26)20(25(32)33-16-7-3)21(26)23(30)28(22)14-10-9-11-15-29/h6-7,18-22,29H,2-3,5,8-17H2,1,4H3/t18?,19-,20+,21+,22?,26?/m1/s1. The lowest BCUT2D eigenvalue weighted by molar-refractivity contribution is -0.153. The Morgan fingerprint density at radius 3 is 2.68 bits per heavy atom. The zero-order valence-corrected chi connectivity index (χ0v) is 21.4. The first-order valence-corrected chi connectivity index (χ1v) is 13.5. The second-order valence-corrected chi connectivity index (χ2v) is 11.3. The van der Waals surface area contributed by atoms with Crippen molar-refractivity contribution in [3.8, 4) is 0 Å². The van der Waals surface area contributed by atoms with Crippen molar-refractivity contribution in [2.24, 2.45) is 17.8 Å². The van der Waals surface area contributed by atoms with E-state index in [0.717, 1.165) is 25.7 Å². The quantitative estimate of drug-likeness (QED) is 0.228. The molecule has 0 radical (unpaired) electrons. The Labute approximate surface area is 208 Å². The molecule has 3 aliphatic rings. The van der Waals surface area contributed by atoms with Crippen LogP contribution in [-0.4, -0.2) is 81.6 Å². The van der Waals surface area contributed by atoms with Gasteiger partial charge < -0.3 is 19.6 Å². The van der Waals surface area contributed by atoms with E-state index in [4.69, 9.17) is 9.84 Å². The number of likely N-dealkylation sites (tertiary alicyclic amines) is 1. The van der Waals surface area contributed by atoms with Crippen molar-refractivity contribution in [3.63, 3.8) is 0 Å². The van der Waals surface area contributed by atoms with E-state index in [9.17, 15) is 14.4 Å². The summed E-state index contributed by atoms with van der Waals surface area (Å²) in [4.78, 5) is 44.7. The molecule has 6 atom stereocenters. The number of nitrogens with zero attached hydrogens (tertiary/aromatic N) is 2. The third-order valence-corrected chi connectivity index (χ3v) is 9.67. The number of esters is 1. The minimum Gasteiger partial charge on any atom is -0.461 e. The number of ether oxygens (including phenoxy) is 1. The molecule has 2 bridgehead atoms. The minimum atomic E-state index is -0.626. The Hall–Kier alpha value is -1.80. The highest BCUT2D eigenvalue weighted by Crippen LogP contribution is 2.68. The highest BCUT2D eigenvalue weighted by molar-refractivity contribution is 8.02. The summed E-state index contributed by atoms with van der Waals surface area (Å²) in [6, 6.07) is -0.599. The number of hydrogen-bond acceptors (Lipinski definition) is 6. The number of aliphatic hydroxyl groups is 1. The fourth-order valence-corrected chi connectivity index (χ4v) is 8.49. The van der Waals surface area contributed by atoms with E-state index in [1.165, 1.54) is 6.08 Å². The lowest BCUT2D eigenvalue weighted by atomic mass is 9.66. The van der Waals surface area contributed by atoms with Gasteiger partial charge in [0.25, 0.3) is 0 Å². The molecule has 3 rings (SSSR count). The predicted molar refractivity (Wildman–Crippen MR) is 134 cm³/mol. The van der Waals surface area contributed by atoms with Gasteiger partial charge in [-0.15, -0.1) is 18.3 Å². The van der Waals surface area contributed by atoms with Crippen molar-refractivity contribution in [2.75, 3.05) is 32.8 Å². The van der Waals surface area contributed by atoms with Crippen molar-refractivity contribution in [1.82, 2.24) is 9.80 Å². The van der Waals surface area contributed by atoms with E-state index in [0.29, 0.717) is 32.5 Å². The number of hydrogen-bond donors (Lipinski definition) is 1. The lowest BCUT2D eigenvalue weighted by Gasteiger charge is -2.40. The van der Waals surface area contributed by atoms with Gasteiger partial charge in [-0.3, -0.25) is 14.4 Å². The molecule has 3 unspecified atom stereocenters. The summed E-state index contributed by atoms with van der Waals surface area (Å²) in [5.74, 6) is -1.44. The summed E-state index contributed by atoms with van der Waals surface area (Å²) >= 11 is 1.67. The van der Waals surface area contributed by atoms with Crippen molar-refractivity contribution in [1.29, 1.82) is 0 Å². The second-order valence-electron chi connectivity index (χ2n) is 9.71. The molecule has 2 amide bonds. The first kappa shape index (κ1) is 26.8. The predicted octanol–water partition coefficient (Wildman–Crippen LogP) is 3.03. The molecule has 8 heteroatoms. The Morgan fingerprint density at radius 1 is 1.26 bits per heavy atom. The monoisotopic (exact) mass is 492 g/mol. The van der Waals surface area contributed by atoms with Crippen LogP contribution >= 0.6 is 11.8 Å². The molecule has 7 nitrogen and oxygen atoms in total. The number of carbonyl (C=O) groups is 3. The molecule has 0 aromatic carbocycles. The average Bonchev–Trinajstić information content (AvgIpc) is 3.41. The van der Waals surface area contributed by atoms with Crippen LogP contribution in [0.5, 0.6) is 0 Å². The van der Waals surface area contributed by atoms with Gasteiger partial charge in [0.15, 0.2) is 0 Å². The molecule has 0 aliphatic carbocycles. The van der Waals surface area contributed by atoms with E-state index in [-0.39, 0.29) is 42.2 Å². The summed E-state index contributed by atoms with van der Waals surface area (Å²) in [7, 11) is 0. The molecular weight excluding hydrogens is 452 g/mol. The van der Waals surface area contributed by atoms with E-state index >= 15 is 0 Å². The number of amides is 2. The molecule has 0 saturated carbocycles. The molecule has 34 heavy (non-hydrogen) atoms. The van der Waals surface area contributed by atoms with Crippen LogP contribution in [-0.2, 0) is 19.1 Å². The van der Waals surface area contributed by atoms with Crippen molar-refractivity contribution >= 4 is 29.5 Å². The number of carbonyl (C=O) groups excluding carboxylic acids is 3. The van der Waals surface area contributed by atoms with Crippen molar-refractivity contribution in [3.05, 3.63) is 25.3 Å². The Balaban J connectivity index is 1.98. The second kappa shape index (κ2) is 11.8. The lowest BCUT2D eigenvalue weighted by Crippen LogP contribution is -2.57. The maximum atomic E-state index is 14.1. The van der Waals surface area contributed by atoms with Crippen LogP contribution in [0.15, 0.2) is 25.3 Å². The zero-order chi connectivity index (χ0) is 24.9. The summed E-state index contributed by atoms with van der Waals surface area (Å²) in [5, 5.41) is 9.15. The molecule has 1 spiro atoms.